The van der Waals surface area contributed by atoms with Crippen molar-refractivity contribution in [3.63, 3.8) is 0 Å². The lowest BCUT2D eigenvalue weighted by Gasteiger charge is -2.22. The number of anilines is 1. The first-order valence-corrected chi connectivity index (χ1v) is 7.41. The summed E-state index contributed by atoms with van der Waals surface area (Å²) in [5.74, 6) is 0.530. The molecule has 0 unspecified atom stereocenters. The van der Waals surface area contributed by atoms with Crippen molar-refractivity contribution in [2.45, 2.75) is 13.8 Å². The summed E-state index contributed by atoms with van der Waals surface area (Å²) in [6, 6.07) is 17.4. The number of para-hydroxylation sites is 2. The van der Waals surface area contributed by atoms with Crippen LogP contribution in [0.4, 0.5) is 10.5 Å². The molecule has 0 atom stereocenters. The fourth-order valence-electron chi connectivity index (χ4n) is 2.14. The van der Waals surface area contributed by atoms with Crippen LogP contribution < -0.4 is 9.64 Å². The average Bonchev–Trinajstić information content (AvgIpc) is 2.54. The second-order valence-electron chi connectivity index (χ2n) is 4.88. The van der Waals surface area contributed by atoms with Crippen LogP contribution >= 0.6 is 0 Å². The zero-order valence-corrected chi connectivity index (χ0v) is 13.0. The minimum Gasteiger partial charge on any atom is -0.432 e. The van der Waals surface area contributed by atoms with Gasteiger partial charge in [-0.25, -0.2) is 4.79 Å². The third-order valence-corrected chi connectivity index (χ3v) is 3.37. The van der Waals surface area contributed by atoms with Crippen LogP contribution in [0.3, 0.4) is 0 Å². The van der Waals surface area contributed by atoms with Crippen LogP contribution in [-0.4, -0.2) is 25.9 Å². The average molecular weight is 299 g/mol. The van der Waals surface area contributed by atoms with E-state index in [1.807, 2.05) is 55.5 Å². The van der Waals surface area contributed by atoms with Crippen molar-refractivity contribution in [1.82, 2.24) is 0 Å². The summed E-state index contributed by atoms with van der Waals surface area (Å²) in [4.78, 5) is 13.8. The number of ether oxygens (including phenoxy) is 2. The first-order chi connectivity index (χ1) is 10.7. The van der Waals surface area contributed by atoms with E-state index < -0.39 is 6.16 Å². The van der Waals surface area contributed by atoms with Crippen molar-refractivity contribution in [1.29, 1.82) is 0 Å². The van der Waals surface area contributed by atoms with Gasteiger partial charge in [0, 0.05) is 12.2 Å². The SMILES string of the molecule is CCN(CCOC(=O)Oc1ccccc1C)c1ccccc1. The number of nitrogens with zero attached hydrogens (tertiary/aromatic N) is 1. The Bertz CT molecular complexity index is 598. The summed E-state index contributed by atoms with van der Waals surface area (Å²) in [5, 5.41) is 0. The van der Waals surface area contributed by atoms with Crippen molar-refractivity contribution in [3.8, 4) is 5.75 Å². The Morgan fingerprint density at radius 3 is 2.41 bits per heavy atom. The summed E-state index contributed by atoms with van der Waals surface area (Å²) < 4.78 is 10.3. The smallest absolute Gasteiger partial charge is 0.432 e. The minimum atomic E-state index is -0.668. The maximum atomic E-state index is 11.7. The molecule has 2 aromatic rings. The topological polar surface area (TPSA) is 38.8 Å². The molecule has 22 heavy (non-hydrogen) atoms. The third kappa shape index (κ3) is 4.52. The van der Waals surface area contributed by atoms with Gasteiger partial charge in [0.2, 0.25) is 0 Å². The van der Waals surface area contributed by atoms with Crippen LogP contribution in [0.15, 0.2) is 54.6 Å². The number of rotatable bonds is 6. The second-order valence-corrected chi connectivity index (χ2v) is 4.88. The van der Waals surface area contributed by atoms with Gasteiger partial charge in [-0.05, 0) is 37.6 Å². The number of benzene rings is 2. The van der Waals surface area contributed by atoms with Gasteiger partial charge >= 0.3 is 6.16 Å². The maximum absolute atomic E-state index is 11.7. The Morgan fingerprint density at radius 2 is 1.73 bits per heavy atom. The Balaban J connectivity index is 1.80. The van der Waals surface area contributed by atoms with Crippen molar-refractivity contribution < 1.29 is 14.3 Å². The fraction of sp³-hybridized carbons (Fsp3) is 0.278. The molecule has 4 heteroatoms. The standard InChI is InChI=1S/C18H21NO3/c1-3-19(16-10-5-4-6-11-16)13-14-21-18(20)22-17-12-8-7-9-15(17)2/h4-12H,3,13-14H2,1-2H3. The predicted molar refractivity (Wildman–Crippen MR) is 87.5 cm³/mol. The second kappa shape index (κ2) is 8.08. The van der Waals surface area contributed by atoms with Gasteiger partial charge in [0.25, 0.3) is 0 Å². The first kappa shape index (κ1) is 15.9. The van der Waals surface area contributed by atoms with E-state index in [1.165, 1.54) is 0 Å². The molecule has 0 N–H and O–H groups in total. The van der Waals surface area contributed by atoms with Gasteiger partial charge in [-0.3, -0.25) is 0 Å². The highest BCUT2D eigenvalue weighted by Crippen LogP contribution is 2.17. The molecule has 0 aliphatic carbocycles. The highest BCUT2D eigenvalue weighted by atomic mass is 16.7. The lowest BCUT2D eigenvalue weighted by Crippen LogP contribution is -2.28. The van der Waals surface area contributed by atoms with Crippen LogP contribution in [0, 0.1) is 6.92 Å². The molecule has 0 amide bonds. The highest BCUT2D eigenvalue weighted by Gasteiger charge is 2.09. The summed E-state index contributed by atoms with van der Waals surface area (Å²) in [6.45, 7) is 5.71. The van der Waals surface area contributed by atoms with Crippen molar-refractivity contribution in [2.24, 2.45) is 0 Å². The zero-order chi connectivity index (χ0) is 15.8. The molecule has 0 saturated heterocycles. The van der Waals surface area contributed by atoms with Gasteiger partial charge in [-0.1, -0.05) is 36.4 Å². The van der Waals surface area contributed by atoms with Crippen LogP contribution in [0.2, 0.25) is 0 Å². The van der Waals surface area contributed by atoms with Crippen molar-refractivity contribution in [3.05, 3.63) is 60.2 Å². The van der Waals surface area contributed by atoms with Crippen LogP contribution in [0.5, 0.6) is 5.75 Å². The number of hydrogen-bond acceptors (Lipinski definition) is 4. The summed E-state index contributed by atoms with van der Waals surface area (Å²) in [7, 11) is 0. The molecular formula is C18H21NO3. The summed E-state index contributed by atoms with van der Waals surface area (Å²) in [5.41, 5.74) is 2.01. The molecule has 2 rings (SSSR count). The van der Waals surface area contributed by atoms with E-state index in [9.17, 15) is 4.79 Å². The molecule has 0 saturated carbocycles. The van der Waals surface area contributed by atoms with E-state index in [1.54, 1.807) is 6.07 Å². The first-order valence-electron chi connectivity index (χ1n) is 7.41. The zero-order valence-electron chi connectivity index (χ0n) is 13.0. The number of hydrogen-bond donors (Lipinski definition) is 0. The number of likely N-dealkylation sites (N-methyl/N-ethyl adjacent to an activating group) is 1. The van der Waals surface area contributed by atoms with Gasteiger partial charge in [0.1, 0.15) is 12.4 Å². The lowest BCUT2D eigenvalue weighted by atomic mass is 10.2. The van der Waals surface area contributed by atoms with Gasteiger partial charge in [0.15, 0.2) is 0 Å². The van der Waals surface area contributed by atoms with E-state index in [4.69, 9.17) is 9.47 Å². The van der Waals surface area contributed by atoms with Gasteiger partial charge < -0.3 is 14.4 Å². The molecule has 0 spiro atoms. The molecule has 0 aromatic heterocycles. The molecular weight excluding hydrogens is 278 g/mol. The minimum absolute atomic E-state index is 0.285. The largest absolute Gasteiger partial charge is 0.513 e. The quantitative estimate of drug-likeness (QED) is 0.596. The molecule has 0 bridgehead atoms. The van der Waals surface area contributed by atoms with E-state index in [0.717, 1.165) is 17.8 Å². The third-order valence-electron chi connectivity index (χ3n) is 3.37. The normalized spacial score (nSPS) is 10.1. The molecule has 0 aliphatic rings. The number of aryl methyl sites for hydroxylation is 1. The number of carbonyl (C=O) groups excluding carboxylic acids is 1. The van der Waals surface area contributed by atoms with E-state index in [-0.39, 0.29) is 6.61 Å². The molecule has 4 nitrogen and oxygen atoms in total. The monoisotopic (exact) mass is 299 g/mol. The Morgan fingerprint density at radius 1 is 1.05 bits per heavy atom. The molecule has 2 aromatic carbocycles. The van der Waals surface area contributed by atoms with Crippen molar-refractivity contribution in [2.75, 3.05) is 24.6 Å². The molecule has 0 fully saturated rings. The predicted octanol–water partition coefficient (Wildman–Crippen LogP) is 4.04. The van der Waals surface area contributed by atoms with E-state index in [0.29, 0.717) is 12.3 Å². The Kier molecular flexibility index (Phi) is 5.83. The maximum Gasteiger partial charge on any atom is 0.513 e. The summed E-state index contributed by atoms with van der Waals surface area (Å²) >= 11 is 0. The lowest BCUT2D eigenvalue weighted by molar-refractivity contribution is 0.101. The highest BCUT2D eigenvalue weighted by molar-refractivity contribution is 5.64. The van der Waals surface area contributed by atoms with Crippen LogP contribution in [-0.2, 0) is 4.74 Å². The van der Waals surface area contributed by atoms with Gasteiger partial charge in [-0.15, -0.1) is 0 Å². The number of carbonyl (C=O) groups is 1. The molecule has 116 valence electrons. The fourth-order valence-corrected chi connectivity index (χ4v) is 2.14. The molecule has 0 aliphatic heterocycles. The van der Waals surface area contributed by atoms with Crippen LogP contribution in [0.25, 0.3) is 0 Å². The van der Waals surface area contributed by atoms with E-state index in [2.05, 4.69) is 11.8 Å². The van der Waals surface area contributed by atoms with Crippen molar-refractivity contribution >= 4 is 11.8 Å². The van der Waals surface area contributed by atoms with Gasteiger partial charge in [0.05, 0.1) is 6.54 Å². The van der Waals surface area contributed by atoms with Crippen LogP contribution in [0.1, 0.15) is 12.5 Å². The summed E-state index contributed by atoms with van der Waals surface area (Å²) in [6.07, 6.45) is -0.668. The van der Waals surface area contributed by atoms with E-state index >= 15 is 0 Å². The molecule has 0 heterocycles. The Labute approximate surface area is 131 Å². The Hall–Kier alpha value is -2.49. The molecule has 0 radical (unpaired) electrons. The van der Waals surface area contributed by atoms with Gasteiger partial charge in [-0.2, -0.15) is 0 Å².